The van der Waals surface area contributed by atoms with Gasteiger partial charge < -0.3 is 4.84 Å². The number of halogens is 2. The number of amides is 1. The Kier molecular flexibility index (Phi) is 6.94. The minimum Gasteiger partial charge on any atom is -0.385 e. The van der Waals surface area contributed by atoms with Gasteiger partial charge in [0.2, 0.25) is 0 Å². The van der Waals surface area contributed by atoms with E-state index in [9.17, 15) is 4.79 Å². The minimum atomic E-state index is -0.378. The summed E-state index contributed by atoms with van der Waals surface area (Å²) >= 11 is 8.35. The van der Waals surface area contributed by atoms with Gasteiger partial charge in [-0.2, -0.15) is 5.10 Å². The Labute approximate surface area is 154 Å². The van der Waals surface area contributed by atoms with E-state index in [1.165, 1.54) is 0 Å². The number of carbonyl (C=O) groups excluding carboxylic acids is 1. The van der Waals surface area contributed by atoms with Crippen molar-refractivity contribution < 1.29 is 9.63 Å². The fourth-order valence-electron chi connectivity index (χ4n) is 1.53. The Hall–Kier alpha value is -1.51. The third kappa shape index (κ3) is 5.89. The highest BCUT2D eigenvalue weighted by Gasteiger charge is 2.02. The second-order valence-electron chi connectivity index (χ2n) is 4.39. The molecule has 1 amide bonds. The summed E-state index contributed by atoms with van der Waals surface area (Å²) in [6.07, 6.45) is 1.55. The summed E-state index contributed by atoms with van der Waals surface area (Å²) in [7, 11) is 0. The molecule has 1 heterocycles. The molecule has 0 saturated heterocycles. The molecule has 1 aromatic heterocycles. The molecule has 23 heavy (non-hydrogen) atoms. The number of hydrogen-bond acceptors (Lipinski definition) is 5. The third-order valence-electron chi connectivity index (χ3n) is 2.63. The number of nitrogens with one attached hydrogen (secondary N) is 1. The van der Waals surface area contributed by atoms with E-state index in [1.807, 2.05) is 42.6 Å². The second kappa shape index (κ2) is 8.95. The van der Waals surface area contributed by atoms with Gasteiger partial charge in [-0.05, 0) is 30.5 Å². The summed E-state index contributed by atoms with van der Waals surface area (Å²) in [4.78, 5) is 17.6. The molecule has 0 aliphatic carbocycles. The SMILES string of the molecule is C/C(=N\OCC(=O)N/N=C/c1ccc(Br)cc1Br)c1cccs1. The van der Waals surface area contributed by atoms with Crippen LogP contribution in [0.1, 0.15) is 17.4 Å². The van der Waals surface area contributed by atoms with E-state index in [4.69, 9.17) is 4.84 Å². The van der Waals surface area contributed by atoms with Crippen LogP contribution in [-0.4, -0.2) is 24.4 Å². The fraction of sp³-hybridized carbons (Fsp3) is 0.133. The van der Waals surface area contributed by atoms with Crippen LogP contribution in [-0.2, 0) is 9.63 Å². The lowest BCUT2D eigenvalue weighted by atomic mass is 10.2. The molecule has 0 bridgehead atoms. The van der Waals surface area contributed by atoms with Crippen molar-refractivity contribution in [3.63, 3.8) is 0 Å². The van der Waals surface area contributed by atoms with Crippen molar-refractivity contribution in [3.8, 4) is 0 Å². The number of hydrogen-bond donors (Lipinski definition) is 1. The van der Waals surface area contributed by atoms with Gasteiger partial charge in [-0.1, -0.05) is 49.1 Å². The van der Waals surface area contributed by atoms with Crippen LogP contribution in [0.5, 0.6) is 0 Å². The molecule has 2 aromatic rings. The number of thiophene rings is 1. The van der Waals surface area contributed by atoms with Crippen LogP contribution in [0.3, 0.4) is 0 Å². The lowest BCUT2D eigenvalue weighted by Gasteiger charge is -2.01. The Morgan fingerprint density at radius 2 is 2.22 bits per heavy atom. The van der Waals surface area contributed by atoms with E-state index in [0.29, 0.717) is 0 Å². The van der Waals surface area contributed by atoms with Gasteiger partial charge in [-0.25, -0.2) is 5.43 Å². The maximum absolute atomic E-state index is 11.6. The molecule has 5 nitrogen and oxygen atoms in total. The Balaban J connectivity index is 1.79. The number of carbonyl (C=O) groups is 1. The van der Waals surface area contributed by atoms with Gasteiger partial charge >= 0.3 is 0 Å². The summed E-state index contributed by atoms with van der Waals surface area (Å²) < 4.78 is 1.83. The van der Waals surface area contributed by atoms with Gasteiger partial charge in [0.1, 0.15) is 0 Å². The van der Waals surface area contributed by atoms with Crippen molar-refractivity contribution in [2.45, 2.75) is 6.92 Å². The zero-order chi connectivity index (χ0) is 16.7. The van der Waals surface area contributed by atoms with Crippen molar-refractivity contribution in [3.05, 3.63) is 55.1 Å². The molecule has 120 valence electrons. The molecule has 0 fully saturated rings. The first kappa shape index (κ1) is 17.8. The first-order chi connectivity index (χ1) is 11.1. The van der Waals surface area contributed by atoms with Gasteiger partial charge in [0.05, 0.1) is 16.8 Å². The summed E-state index contributed by atoms with van der Waals surface area (Å²) in [6.45, 7) is 1.63. The van der Waals surface area contributed by atoms with Crippen molar-refractivity contribution in [2.75, 3.05) is 6.61 Å². The maximum atomic E-state index is 11.6. The van der Waals surface area contributed by atoms with E-state index in [-0.39, 0.29) is 12.5 Å². The van der Waals surface area contributed by atoms with Gasteiger partial charge in [0.15, 0.2) is 6.61 Å². The average molecular weight is 459 g/mol. The van der Waals surface area contributed by atoms with E-state index in [0.717, 1.165) is 25.1 Å². The first-order valence-corrected chi connectivity index (χ1v) is 9.00. The summed E-state index contributed by atoms with van der Waals surface area (Å²) in [6, 6.07) is 9.52. The molecule has 0 spiro atoms. The zero-order valence-corrected chi connectivity index (χ0v) is 16.1. The van der Waals surface area contributed by atoms with Crippen molar-refractivity contribution in [2.24, 2.45) is 10.3 Å². The summed E-state index contributed by atoms with van der Waals surface area (Å²) in [5, 5.41) is 9.74. The second-order valence-corrected chi connectivity index (χ2v) is 7.10. The minimum absolute atomic E-state index is 0.193. The standard InChI is InChI=1S/C15H13Br2N3O2S/c1-10(14-3-2-6-23-14)20-22-9-15(21)19-18-8-11-4-5-12(16)7-13(11)17/h2-8H,9H2,1H3,(H,19,21)/b18-8+,20-10+. The molecule has 0 saturated carbocycles. The van der Waals surface area contributed by atoms with Crippen LogP contribution in [0.2, 0.25) is 0 Å². The molecular weight excluding hydrogens is 446 g/mol. The van der Waals surface area contributed by atoms with Gasteiger partial charge in [0.25, 0.3) is 5.91 Å². The van der Waals surface area contributed by atoms with E-state index in [1.54, 1.807) is 17.6 Å². The Morgan fingerprint density at radius 3 is 2.91 bits per heavy atom. The molecule has 0 atom stereocenters. The number of rotatable bonds is 6. The van der Waals surface area contributed by atoms with Crippen LogP contribution in [0, 0.1) is 0 Å². The molecule has 0 radical (unpaired) electrons. The quantitative estimate of drug-likeness (QED) is 0.521. The lowest BCUT2D eigenvalue weighted by molar-refractivity contribution is -0.125. The summed E-state index contributed by atoms with van der Waals surface area (Å²) in [5.41, 5.74) is 3.97. The van der Waals surface area contributed by atoms with Crippen LogP contribution in [0.25, 0.3) is 0 Å². The monoisotopic (exact) mass is 457 g/mol. The average Bonchev–Trinajstić information content (AvgIpc) is 3.04. The number of benzene rings is 1. The van der Waals surface area contributed by atoms with Gasteiger partial charge in [-0.3, -0.25) is 4.79 Å². The van der Waals surface area contributed by atoms with Gasteiger partial charge in [-0.15, -0.1) is 11.3 Å². The molecule has 1 N–H and O–H groups in total. The van der Waals surface area contributed by atoms with E-state index >= 15 is 0 Å². The molecule has 8 heteroatoms. The topological polar surface area (TPSA) is 63.0 Å². The Morgan fingerprint density at radius 1 is 1.39 bits per heavy atom. The van der Waals surface area contributed by atoms with Crippen molar-refractivity contribution >= 4 is 61.0 Å². The van der Waals surface area contributed by atoms with Crippen LogP contribution in [0.4, 0.5) is 0 Å². The number of nitrogens with zero attached hydrogens (tertiary/aromatic N) is 2. The number of oxime groups is 1. The van der Waals surface area contributed by atoms with Crippen LogP contribution < -0.4 is 5.43 Å². The third-order valence-corrected chi connectivity index (χ3v) is 4.79. The van der Waals surface area contributed by atoms with Crippen LogP contribution in [0.15, 0.2) is 54.9 Å². The van der Waals surface area contributed by atoms with Gasteiger partial charge in [0, 0.05) is 14.5 Å². The Bertz CT molecular complexity index is 730. The molecule has 0 aliphatic rings. The maximum Gasteiger partial charge on any atom is 0.280 e. The molecular formula is C15H13Br2N3O2S. The number of hydrazone groups is 1. The highest BCUT2D eigenvalue weighted by molar-refractivity contribution is 9.11. The smallest absolute Gasteiger partial charge is 0.280 e. The fourth-order valence-corrected chi connectivity index (χ4v) is 3.35. The predicted octanol–water partition coefficient (Wildman–Crippen LogP) is 4.16. The van der Waals surface area contributed by atoms with Crippen LogP contribution >= 0.6 is 43.2 Å². The lowest BCUT2D eigenvalue weighted by Crippen LogP contribution is -2.22. The highest BCUT2D eigenvalue weighted by atomic mass is 79.9. The highest BCUT2D eigenvalue weighted by Crippen LogP contribution is 2.20. The first-order valence-electron chi connectivity index (χ1n) is 6.53. The molecule has 2 rings (SSSR count). The van der Waals surface area contributed by atoms with Crippen molar-refractivity contribution in [1.29, 1.82) is 0 Å². The largest absolute Gasteiger partial charge is 0.385 e. The molecule has 0 aliphatic heterocycles. The van der Waals surface area contributed by atoms with Crippen molar-refractivity contribution in [1.82, 2.24) is 5.43 Å². The molecule has 1 aromatic carbocycles. The normalized spacial score (nSPS) is 11.7. The molecule has 0 unspecified atom stereocenters. The zero-order valence-electron chi connectivity index (χ0n) is 12.1. The van der Waals surface area contributed by atoms with E-state index in [2.05, 4.69) is 47.5 Å². The van der Waals surface area contributed by atoms with E-state index < -0.39 is 0 Å². The summed E-state index contributed by atoms with van der Waals surface area (Å²) in [5.74, 6) is -0.378. The predicted molar refractivity (Wildman–Crippen MR) is 100 cm³/mol.